The van der Waals surface area contributed by atoms with Crippen molar-refractivity contribution in [2.75, 3.05) is 46.3 Å². The highest BCUT2D eigenvalue weighted by Crippen LogP contribution is 2.20. The van der Waals surface area contributed by atoms with E-state index in [1.54, 1.807) is 0 Å². The van der Waals surface area contributed by atoms with E-state index in [9.17, 15) is 0 Å². The van der Waals surface area contributed by atoms with Gasteiger partial charge in [-0.05, 0) is 57.5 Å². The average Bonchev–Trinajstić information content (AvgIpc) is 3.29. The van der Waals surface area contributed by atoms with Crippen LogP contribution in [0.2, 0.25) is 0 Å². The Kier molecular flexibility index (Phi) is 9.67. The van der Waals surface area contributed by atoms with Gasteiger partial charge >= 0.3 is 0 Å². The molecule has 2 saturated heterocycles. The molecule has 0 saturated carbocycles. The maximum absolute atomic E-state index is 4.55. The maximum atomic E-state index is 4.55. The summed E-state index contributed by atoms with van der Waals surface area (Å²) in [6.07, 6.45) is 12.5. The van der Waals surface area contributed by atoms with Crippen LogP contribution in [0.3, 0.4) is 0 Å². The highest BCUT2D eigenvalue weighted by atomic mass is 127. The van der Waals surface area contributed by atoms with Crippen molar-refractivity contribution in [3.05, 3.63) is 11.6 Å². The van der Waals surface area contributed by atoms with Gasteiger partial charge in [0.1, 0.15) is 11.6 Å². The number of piperidine rings is 1. The Labute approximate surface area is 199 Å². The Morgan fingerprint density at radius 1 is 1.03 bits per heavy atom. The van der Waals surface area contributed by atoms with Gasteiger partial charge in [-0.15, -0.1) is 34.2 Å². The molecule has 3 aliphatic rings. The van der Waals surface area contributed by atoms with Crippen LogP contribution in [0.15, 0.2) is 4.99 Å². The lowest BCUT2D eigenvalue weighted by atomic mass is 10.1. The minimum atomic E-state index is 0. The van der Waals surface area contributed by atoms with Crippen LogP contribution < -0.4 is 5.32 Å². The molecule has 8 heteroatoms. The number of likely N-dealkylation sites (tertiary alicyclic amines) is 2. The third-order valence-electron chi connectivity index (χ3n) is 6.81. The molecule has 0 aromatic carbocycles. The monoisotopic (exact) mass is 529 g/mol. The molecular weight excluding hydrogens is 489 g/mol. The van der Waals surface area contributed by atoms with Crippen LogP contribution in [-0.2, 0) is 19.4 Å². The normalized spacial score (nSPS) is 23.0. The summed E-state index contributed by atoms with van der Waals surface area (Å²) in [6, 6.07) is 0. The largest absolute Gasteiger partial charge is 0.356 e. The van der Waals surface area contributed by atoms with Gasteiger partial charge in [0, 0.05) is 52.6 Å². The number of aromatic nitrogens is 3. The summed E-state index contributed by atoms with van der Waals surface area (Å²) >= 11 is 0. The van der Waals surface area contributed by atoms with Gasteiger partial charge in [0.25, 0.3) is 0 Å². The Balaban J connectivity index is 0.00000256. The number of nitrogens with zero attached hydrogens (tertiary/aromatic N) is 6. The fourth-order valence-corrected chi connectivity index (χ4v) is 5.19. The van der Waals surface area contributed by atoms with E-state index in [1.807, 2.05) is 7.05 Å². The number of aryl methyl sites for hydroxylation is 2. The standard InChI is InChI=1S/C22H39N7.HI/c1-23-22(28-16-11-19(18-28)17-27-13-5-3-6-14-27)24-12-8-10-21-26-25-20-9-4-2-7-15-29(20)21;/h19H,2-18H2,1H3,(H,23,24);1H. The lowest BCUT2D eigenvalue weighted by Crippen LogP contribution is -2.41. The molecular formula is C22H40IN7. The van der Waals surface area contributed by atoms with E-state index < -0.39 is 0 Å². The summed E-state index contributed by atoms with van der Waals surface area (Å²) in [6.45, 7) is 8.20. The zero-order valence-corrected chi connectivity index (χ0v) is 21.0. The van der Waals surface area contributed by atoms with Crippen molar-refractivity contribution in [1.29, 1.82) is 0 Å². The predicted octanol–water partition coefficient (Wildman–Crippen LogP) is 2.94. The molecule has 7 nitrogen and oxygen atoms in total. The summed E-state index contributed by atoms with van der Waals surface area (Å²) in [5.74, 6) is 4.23. The Morgan fingerprint density at radius 3 is 2.67 bits per heavy atom. The molecule has 1 atom stereocenters. The number of halogens is 1. The first-order valence-electron chi connectivity index (χ1n) is 11.9. The summed E-state index contributed by atoms with van der Waals surface area (Å²) in [5.41, 5.74) is 0. The van der Waals surface area contributed by atoms with Crippen molar-refractivity contribution >= 4 is 29.9 Å². The predicted molar refractivity (Wildman–Crippen MR) is 133 cm³/mol. The van der Waals surface area contributed by atoms with Crippen LogP contribution in [-0.4, -0.2) is 76.8 Å². The molecule has 1 unspecified atom stereocenters. The number of hydrogen-bond donors (Lipinski definition) is 1. The van der Waals surface area contributed by atoms with Crippen molar-refractivity contribution in [3.63, 3.8) is 0 Å². The highest BCUT2D eigenvalue weighted by molar-refractivity contribution is 14.0. The van der Waals surface area contributed by atoms with Crippen LogP contribution >= 0.6 is 24.0 Å². The van der Waals surface area contributed by atoms with Gasteiger partial charge in [-0.2, -0.15) is 0 Å². The topological polar surface area (TPSA) is 61.6 Å². The molecule has 1 N–H and O–H groups in total. The van der Waals surface area contributed by atoms with E-state index in [-0.39, 0.29) is 24.0 Å². The third-order valence-corrected chi connectivity index (χ3v) is 6.81. The van der Waals surface area contributed by atoms with Crippen LogP contribution in [0.4, 0.5) is 0 Å². The van der Waals surface area contributed by atoms with Crippen LogP contribution in [0, 0.1) is 5.92 Å². The van der Waals surface area contributed by atoms with Crippen LogP contribution in [0.25, 0.3) is 0 Å². The van der Waals surface area contributed by atoms with E-state index in [2.05, 4.69) is 34.9 Å². The summed E-state index contributed by atoms with van der Waals surface area (Å²) in [4.78, 5) is 9.69. The number of hydrogen-bond acceptors (Lipinski definition) is 4. The second-order valence-corrected chi connectivity index (χ2v) is 9.03. The molecule has 0 amide bonds. The first kappa shape index (κ1) is 23.8. The molecule has 0 radical (unpaired) electrons. The number of nitrogens with one attached hydrogen (secondary N) is 1. The van der Waals surface area contributed by atoms with Crippen molar-refractivity contribution in [2.24, 2.45) is 10.9 Å². The fourth-order valence-electron chi connectivity index (χ4n) is 5.19. The molecule has 0 bridgehead atoms. The Morgan fingerprint density at radius 2 is 1.83 bits per heavy atom. The molecule has 1 aromatic rings. The molecule has 4 heterocycles. The Bertz CT molecular complexity index is 668. The SMILES string of the molecule is CN=C(NCCCc1nnc2n1CCCCC2)N1CCC(CN2CCCCC2)C1.I. The van der Waals surface area contributed by atoms with Gasteiger partial charge in [0.15, 0.2) is 5.96 Å². The summed E-state index contributed by atoms with van der Waals surface area (Å²) in [7, 11) is 1.92. The van der Waals surface area contributed by atoms with Crippen molar-refractivity contribution in [1.82, 2.24) is 29.9 Å². The molecule has 4 rings (SSSR count). The number of guanidine groups is 1. The molecule has 0 spiro atoms. The molecule has 170 valence electrons. The quantitative estimate of drug-likeness (QED) is 0.266. The second kappa shape index (κ2) is 12.2. The van der Waals surface area contributed by atoms with Crippen LogP contribution in [0.5, 0.6) is 0 Å². The number of aliphatic imine (C=N–C) groups is 1. The van der Waals surface area contributed by atoms with E-state index >= 15 is 0 Å². The fraction of sp³-hybridized carbons (Fsp3) is 0.864. The lowest BCUT2D eigenvalue weighted by Gasteiger charge is -2.29. The Hall–Kier alpha value is -0.900. The molecule has 30 heavy (non-hydrogen) atoms. The second-order valence-electron chi connectivity index (χ2n) is 9.03. The zero-order chi connectivity index (χ0) is 19.9. The van der Waals surface area contributed by atoms with Crippen molar-refractivity contribution in [2.45, 2.75) is 70.8 Å². The van der Waals surface area contributed by atoms with Crippen molar-refractivity contribution in [3.8, 4) is 0 Å². The first-order valence-corrected chi connectivity index (χ1v) is 11.9. The third kappa shape index (κ3) is 6.31. The van der Waals surface area contributed by atoms with E-state index in [4.69, 9.17) is 0 Å². The van der Waals surface area contributed by atoms with E-state index in [0.717, 1.165) is 57.3 Å². The molecule has 1 aromatic heterocycles. The molecule has 3 aliphatic heterocycles. The van der Waals surface area contributed by atoms with Gasteiger partial charge in [0.05, 0.1) is 0 Å². The summed E-state index contributed by atoms with van der Waals surface area (Å²) < 4.78 is 2.37. The van der Waals surface area contributed by atoms with Gasteiger partial charge in [0.2, 0.25) is 0 Å². The van der Waals surface area contributed by atoms with Gasteiger partial charge in [-0.1, -0.05) is 12.8 Å². The number of rotatable bonds is 6. The minimum absolute atomic E-state index is 0. The van der Waals surface area contributed by atoms with E-state index in [1.165, 1.54) is 76.2 Å². The van der Waals surface area contributed by atoms with E-state index in [0.29, 0.717) is 0 Å². The summed E-state index contributed by atoms with van der Waals surface area (Å²) in [5, 5.41) is 12.5. The number of fused-ring (bicyclic) bond motifs is 1. The average molecular weight is 530 g/mol. The van der Waals surface area contributed by atoms with Crippen LogP contribution in [0.1, 0.15) is 63.0 Å². The molecule has 0 aliphatic carbocycles. The van der Waals surface area contributed by atoms with Gasteiger partial charge < -0.3 is 19.7 Å². The smallest absolute Gasteiger partial charge is 0.193 e. The van der Waals surface area contributed by atoms with Gasteiger partial charge in [-0.3, -0.25) is 4.99 Å². The molecule has 2 fully saturated rings. The maximum Gasteiger partial charge on any atom is 0.193 e. The first-order chi connectivity index (χ1) is 14.3. The lowest BCUT2D eigenvalue weighted by molar-refractivity contribution is 0.198. The highest BCUT2D eigenvalue weighted by Gasteiger charge is 2.26. The van der Waals surface area contributed by atoms with Gasteiger partial charge in [-0.25, -0.2) is 0 Å². The minimum Gasteiger partial charge on any atom is -0.356 e. The van der Waals surface area contributed by atoms with Crippen molar-refractivity contribution < 1.29 is 0 Å². The zero-order valence-electron chi connectivity index (χ0n) is 18.7.